The molecule has 1 saturated carbocycles. The normalized spacial score (nSPS) is 31.0. The van der Waals surface area contributed by atoms with E-state index in [0.717, 1.165) is 19.3 Å². The quantitative estimate of drug-likeness (QED) is 0.718. The van der Waals surface area contributed by atoms with Crippen LogP contribution in [0.15, 0.2) is 0 Å². The minimum absolute atomic E-state index is 0.101. The minimum atomic E-state index is -0.398. The topological polar surface area (TPSA) is 56.0 Å². The fourth-order valence-corrected chi connectivity index (χ4v) is 2.44. The van der Waals surface area contributed by atoms with Crippen molar-refractivity contribution < 1.29 is 5.11 Å². The van der Waals surface area contributed by atoms with Crippen molar-refractivity contribution >= 4 is 0 Å². The predicted molar refractivity (Wildman–Crippen MR) is 55.7 cm³/mol. The molecular weight excluding hydrogens is 176 g/mol. The zero-order chi connectivity index (χ0) is 10.7. The van der Waals surface area contributed by atoms with Crippen LogP contribution in [0.3, 0.4) is 0 Å². The lowest BCUT2D eigenvalue weighted by Gasteiger charge is -2.41. The molecule has 0 saturated heterocycles. The molecule has 1 rings (SSSR count). The summed E-state index contributed by atoms with van der Waals surface area (Å²) in [6.45, 7) is 5.03. The molecule has 3 nitrogen and oxygen atoms in total. The summed E-state index contributed by atoms with van der Waals surface area (Å²) < 4.78 is 0. The second kappa shape index (κ2) is 4.29. The summed E-state index contributed by atoms with van der Waals surface area (Å²) in [4.78, 5) is 0. The second-order valence-corrected chi connectivity index (χ2v) is 5.04. The van der Waals surface area contributed by atoms with Crippen molar-refractivity contribution in [2.45, 2.75) is 45.1 Å². The van der Waals surface area contributed by atoms with Crippen LogP contribution in [0.4, 0.5) is 0 Å². The zero-order valence-corrected chi connectivity index (χ0v) is 9.14. The first-order chi connectivity index (χ1) is 6.54. The van der Waals surface area contributed by atoms with Crippen LogP contribution in [0.25, 0.3) is 0 Å². The van der Waals surface area contributed by atoms with Gasteiger partial charge in [0.1, 0.15) is 5.54 Å². The number of aliphatic hydroxyl groups excluding tert-OH is 1. The highest BCUT2D eigenvalue weighted by molar-refractivity contribution is 5.11. The van der Waals surface area contributed by atoms with Crippen molar-refractivity contribution in [2.75, 3.05) is 13.2 Å². The molecule has 1 atom stereocenters. The Morgan fingerprint density at radius 2 is 2.14 bits per heavy atom. The van der Waals surface area contributed by atoms with E-state index in [2.05, 4.69) is 25.2 Å². The number of nitrogens with zero attached hydrogens (tertiary/aromatic N) is 1. The van der Waals surface area contributed by atoms with Gasteiger partial charge >= 0.3 is 0 Å². The van der Waals surface area contributed by atoms with Crippen molar-refractivity contribution in [1.29, 1.82) is 5.26 Å². The average Bonchev–Trinajstić information content (AvgIpc) is 2.13. The molecule has 1 unspecified atom stereocenters. The molecule has 0 aromatic heterocycles. The van der Waals surface area contributed by atoms with E-state index in [9.17, 15) is 5.26 Å². The van der Waals surface area contributed by atoms with E-state index < -0.39 is 5.54 Å². The van der Waals surface area contributed by atoms with Gasteiger partial charge in [-0.05, 0) is 24.7 Å². The molecule has 0 spiro atoms. The maximum Gasteiger partial charge on any atom is 0.107 e. The van der Waals surface area contributed by atoms with E-state index in [-0.39, 0.29) is 12.0 Å². The van der Waals surface area contributed by atoms with Gasteiger partial charge in [-0.3, -0.25) is 5.32 Å². The highest BCUT2D eigenvalue weighted by Crippen LogP contribution is 2.40. The van der Waals surface area contributed by atoms with Gasteiger partial charge in [-0.2, -0.15) is 5.26 Å². The van der Waals surface area contributed by atoms with Crippen LogP contribution in [0.2, 0.25) is 0 Å². The molecule has 0 aromatic carbocycles. The Labute approximate surface area is 86.1 Å². The third kappa shape index (κ3) is 2.70. The summed E-state index contributed by atoms with van der Waals surface area (Å²) in [5.74, 6) is 0. The number of hydrogen-bond acceptors (Lipinski definition) is 3. The molecule has 0 heterocycles. The van der Waals surface area contributed by atoms with Crippen molar-refractivity contribution in [3.63, 3.8) is 0 Å². The average molecular weight is 196 g/mol. The van der Waals surface area contributed by atoms with Crippen LogP contribution in [-0.2, 0) is 0 Å². The first-order valence-corrected chi connectivity index (χ1v) is 5.31. The van der Waals surface area contributed by atoms with Crippen LogP contribution in [0.1, 0.15) is 39.5 Å². The van der Waals surface area contributed by atoms with Gasteiger partial charge in [-0.25, -0.2) is 0 Å². The van der Waals surface area contributed by atoms with Crippen molar-refractivity contribution in [3.8, 4) is 6.07 Å². The molecule has 1 aliphatic carbocycles. The fourth-order valence-electron chi connectivity index (χ4n) is 2.44. The van der Waals surface area contributed by atoms with Crippen LogP contribution in [0, 0.1) is 16.7 Å². The van der Waals surface area contributed by atoms with Gasteiger partial charge in [0.2, 0.25) is 0 Å². The third-order valence-electron chi connectivity index (χ3n) is 3.03. The Balaban J connectivity index is 2.65. The SMILES string of the molecule is CC1(C)CCCC(C#N)(NCCO)C1. The van der Waals surface area contributed by atoms with Gasteiger partial charge in [-0.15, -0.1) is 0 Å². The van der Waals surface area contributed by atoms with Crippen molar-refractivity contribution in [2.24, 2.45) is 5.41 Å². The second-order valence-electron chi connectivity index (χ2n) is 5.04. The molecule has 0 aliphatic heterocycles. The number of rotatable bonds is 3. The Hall–Kier alpha value is -0.590. The summed E-state index contributed by atoms with van der Waals surface area (Å²) in [5, 5.41) is 21.2. The molecular formula is C11H20N2O. The van der Waals surface area contributed by atoms with Gasteiger partial charge in [0.15, 0.2) is 0 Å². The van der Waals surface area contributed by atoms with Gasteiger partial charge in [0.05, 0.1) is 12.7 Å². The van der Waals surface area contributed by atoms with E-state index >= 15 is 0 Å². The molecule has 1 aliphatic rings. The van der Waals surface area contributed by atoms with E-state index in [0.29, 0.717) is 6.54 Å². The molecule has 3 heteroatoms. The number of β-amino-alcohol motifs (C(OH)–C–C–N with tert-alkyl or cyclic N) is 1. The third-order valence-corrected chi connectivity index (χ3v) is 3.03. The lowest BCUT2D eigenvalue weighted by Crippen LogP contribution is -2.50. The highest BCUT2D eigenvalue weighted by atomic mass is 16.3. The van der Waals surface area contributed by atoms with Gasteiger partial charge in [0, 0.05) is 6.54 Å². The standard InChI is InChI=1S/C11H20N2O/c1-10(2)4-3-5-11(8-10,9-12)13-6-7-14/h13-14H,3-8H2,1-2H3. The monoisotopic (exact) mass is 196 g/mol. The van der Waals surface area contributed by atoms with Crippen LogP contribution in [0.5, 0.6) is 0 Å². The first kappa shape index (κ1) is 11.5. The number of aliphatic hydroxyl groups is 1. The lowest BCUT2D eigenvalue weighted by molar-refractivity contribution is 0.150. The summed E-state index contributed by atoms with van der Waals surface area (Å²) in [6.07, 6.45) is 4.08. The maximum absolute atomic E-state index is 9.21. The predicted octanol–water partition coefficient (Wildman–Crippen LogP) is 1.43. The van der Waals surface area contributed by atoms with E-state index in [1.54, 1.807) is 0 Å². The van der Waals surface area contributed by atoms with Crippen molar-refractivity contribution in [3.05, 3.63) is 0 Å². The zero-order valence-electron chi connectivity index (χ0n) is 9.14. The molecule has 1 fully saturated rings. The molecule has 80 valence electrons. The van der Waals surface area contributed by atoms with E-state index in [1.807, 2.05) is 0 Å². The highest BCUT2D eigenvalue weighted by Gasteiger charge is 2.39. The summed E-state index contributed by atoms with van der Waals surface area (Å²) >= 11 is 0. The Kier molecular flexibility index (Phi) is 3.52. The minimum Gasteiger partial charge on any atom is -0.395 e. The van der Waals surface area contributed by atoms with E-state index in [1.165, 1.54) is 6.42 Å². The smallest absolute Gasteiger partial charge is 0.107 e. The summed E-state index contributed by atoms with van der Waals surface area (Å²) in [7, 11) is 0. The Bertz CT molecular complexity index is 232. The molecule has 2 N–H and O–H groups in total. The molecule has 0 aromatic rings. The van der Waals surface area contributed by atoms with Gasteiger partial charge in [0.25, 0.3) is 0 Å². The van der Waals surface area contributed by atoms with Gasteiger partial charge in [-0.1, -0.05) is 20.3 Å². The van der Waals surface area contributed by atoms with Gasteiger partial charge < -0.3 is 5.11 Å². The molecule has 14 heavy (non-hydrogen) atoms. The number of nitriles is 1. The molecule has 0 radical (unpaired) electrons. The van der Waals surface area contributed by atoms with E-state index in [4.69, 9.17) is 5.11 Å². The summed E-state index contributed by atoms with van der Waals surface area (Å²) in [6, 6.07) is 2.39. The maximum atomic E-state index is 9.21. The van der Waals surface area contributed by atoms with Crippen LogP contribution >= 0.6 is 0 Å². The van der Waals surface area contributed by atoms with Crippen LogP contribution in [-0.4, -0.2) is 23.8 Å². The van der Waals surface area contributed by atoms with Crippen molar-refractivity contribution in [1.82, 2.24) is 5.32 Å². The Morgan fingerprint density at radius 1 is 1.43 bits per heavy atom. The lowest BCUT2D eigenvalue weighted by atomic mass is 9.68. The molecule has 0 bridgehead atoms. The Morgan fingerprint density at radius 3 is 2.64 bits per heavy atom. The molecule has 0 amide bonds. The fraction of sp³-hybridized carbons (Fsp3) is 0.909. The summed E-state index contributed by atoms with van der Waals surface area (Å²) in [5.41, 5.74) is -0.152. The number of nitrogens with one attached hydrogen (secondary N) is 1. The van der Waals surface area contributed by atoms with Crippen LogP contribution < -0.4 is 5.32 Å². The number of hydrogen-bond donors (Lipinski definition) is 2. The largest absolute Gasteiger partial charge is 0.395 e. The first-order valence-electron chi connectivity index (χ1n) is 5.31.